The van der Waals surface area contributed by atoms with Crippen LogP contribution in [-0.4, -0.2) is 30.5 Å². The number of anilines is 1. The zero-order valence-corrected chi connectivity index (χ0v) is 17.9. The van der Waals surface area contributed by atoms with Gasteiger partial charge >= 0.3 is 0 Å². The van der Waals surface area contributed by atoms with Crippen LogP contribution in [0.3, 0.4) is 0 Å². The minimum Gasteiger partial charge on any atom is -0.496 e. The van der Waals surface area contributed by atoms with Crippen molar-refractivity contribution in [3.8, 4) is 5.75 Å². The van der Waals surface area contributed by atoms with Crippen LogP contribution in [0.2, 0.25) is 0 Å². The van der Waals surface area contributed by atoms with Gasteiger partial charge in [-0.2, -0.15) is 0 Å². The Morgan fingerprint density at radius 3 is 2.61 bits per heavy atom. The van der Waals surface area contributed by atoms with Gasteiger partial charge in [-0.05, 0) is 55.2 Å². The summed E-state index contributed by atoms with van der Waals surface area (Å²) in [7, 11) is 1.45. The first-order valence-corrected chi connectivity index (χ1v) is 9.87. The predicted octanol–water partition coefficient (Wildman–Crippen LogP) is 5.48. The fraction of sp³-hybridized carbons (Fsp3) is 0.429. The summed E-state index contributed by atoms with van der Waals surface area (Å²) >= 11 is 3.27. The van der Waals surface area contributed by atoms with E-state index in [0.717, 1.165) is 23.6 Å². The Balaban J connectivity index is 2.29. The van der Waals surface area contributed by atoms with Crippen LogP contribution in [-0.2, 0) is 6.42 Å². The van der Waals surface area contributed by atoms with E-state index in [1.54, 1.807) is 17.0 Å². The number of nitrogen functional groups attached to an aromatic ring is 1. The highest BCUT2D eigenvalue weighted by molar-refractivity contribution is 9.10. The van der Waals surface area contributed by atoms with Gasteiger partial charge in [0, 0.05) is 23.1 Å². The lowest BCUT2D eigenvalue weighted by Crippen LogP contribution is -2.48. The minimum absolute atomic E-state index is 0.225. The molecule has 0 saturated carbocycles. The quantitative estimate of drug-likeness (QED) is 0.619. The standard InChI is InChI=1S/C21H24BrF3N2O/c1-11-7-15-12(2)17(26)6-5-14(15)20(27(11)10-21(3,24)25)19-16(23)8-13(22)9-18(19)28-4/h5-6,8-9,11,20H,7,10,26H2,1-4H3/t11-,20?/m1/s1. The first kappa shape index (κ1) is 21.0. The summed E-state index contributed by atoms with van der Waals surface area (Å²) < 4.78 is 49.2. The summed E-state index contributed by atoms with van der Waals surface area (Å²) in [5.74, 6) is -3.11. The first-order valence-electron chi connectivity index (χ1n) is 9.08. The Bertz CT molecular complexity index is 898. The Hall–Kier alpha value is -1.73. The molecule has 2 N–H and O–H groups in total. The number of benzene rings is 2. The van der Waals surface area contributed by atoms with Gasteiger partial charge in [0.15, 0.2) is 0 Å². The molecular formula is C21H24BrF3N2O. The van der Waals surface area contributed by atoms with Gasteiger partial charge in [0.1, 0.15) is 11.6 Å². The highest BCUT2D eigenvalue weighted by Gasteiger charge is 2.41. The van der Waals surface area contributed by atoms with E-state index in [2.05, 4.69) is 15.9 Å². The van der Waals surface area contributed by atoms with Gasteiger partial charge in [0.2, 0.25) is 0 Å². The normalized spacial score (nSPS) is 20.1. The summed E-state index contributed by atoms with van der Waals surface area (Å²) in [5.41, 5.74) is 9.65. The molecule has 2 atom stereocenters. The Kier molecular flexibility index (Phi) is 5.69. The number of fused-ring (bicyclic) bond motifs is 1. The Labute approximate surface area is 171 Å². The number of halogens is 4. The number of nitrogens with zero attached hydrogens (tertiary/aromatic N) is 1. The molecule has 0 aliphatic carbocycles. The third kappa shape index (κ3) is 3.87. The molecule has 0 bridgehead atoms. The fourth-order valence-electron chi connectivity index (χ4n) is 4.05. The van der Waals surface area contributed by atoms with Gasteiger partial charge in [0.05, 0.1) is 25.3 Å². The van der Waals surface area contributed by atoms with Crippen LogP contribution in [0, 0.1) is 12.7 Å². The SMILES string of the molecule is COc1cc(Br)cc(F)c1C1c2ccc(N)c(C)c2C[C@@H](C)N1CC(C)(F)F. The van der Waals surface area contributed by atoms with Crippen molar-refractivity contribution in [1.82, 2.24) is 4.90 Å². The third-order valence-electron chi connectivity index (χ3n) is 5.38. The zero-order valence-electron chi connectivity index (χ0n) is 16.3. The summed E-state index contributed by atoms with van der Waals surface area (Å²) in [6, 6.07) is 5.63. The second-order valence-corrected chi connectivity index (χ2v) is 8.47. The average molecular weight is 457 g/mol. The molecule has 1 unspecified atom stereocenters. The molecule has 0 amide bonds. The van der Waals surface area contributed by atoms with Crippen LogP contribution in [0.25, 0.3) is 0 Å². The summed E-state index contributed by atoms with van der Waals surface area (Å²) in [5, 5.41) is 0. The molecule has 1 aliphatic heterocycles. The molecule has 0 aromatic heterocycles. The Morgan fingerprint density at radius 2 is 2.00 bits per heavy atom. The maximum absolute atomic E-state index is 15.1. The number of hydrogen-bond donors (Lipinski definition) is 1. The molecule has 152 valence electrons. The Morgan fingerprint density at radius 1 is 1.32 bits per heavy atom. The van der Waals surface area contributed by atoms with Gasteiger partial charge in [-0.3, -0.25) is 4.90 Å². The van der Waals surface area contributed by atoms with Crippen molar-refractivity contribution in [1.29, 1.82) is 0 Å². The molecule has 0 radical (unpaired) electrons. The average Bonchev–Trinajstić information content (AvgIpc) is 2.58. The van der Waals surface area contributed by atoms with E-state index in [9.17, 15) is 8.78 Å². The van der Waals surface area contributed by atoms with E-state index in [-0.39, 0.29) is 11.6 Å². The van der Waals surface area contributed by atoms with E-state index < -0.39 is 24.3 Å². The van der Waals surface area contributed by atoms with Crippen LogP contribution in [0.4, 0.5) is 18.9 Å². The molecule has 28 heavy (non-hydrogen) atoms. The van der Waals surface area contributed by atoms with Crippen LogP contribution >= 0.6 is 15.9 Å². The summed E-state index contributed by atoms with van der Waals surface area (Å²) in [6.07, 6.45) is 0.569. The van der Waals surface area contributed by atoms with Crippen LogP contribution in [0.5, 0.6) is 5.75 Å². The van der Waals surface area contributed by atoms with E-state index in [1.165, 1.54) is 13.2 Å². The molecule has 2 aromatic rings. The van der Waals surface area contributed by atoms with E-state index >= 15 is 4.39 Å². The maximum Gasteiger partial charge on any atom is 0.257 e. The van der Waals surface area contributed by atoms with Crippen molar-refractivity contribution in [2.45, 2.75) is 45.2 Å². The van der Waals surface area contributed by atoms with Crippen LogP contribution in [0.15, 0.2) is 28.7 Å². The highest BCUT2D eigenvalue weighted by Crippen LogP contribution is 2.45. The number of nitrogens with two attached hydrogens (primary N) is 1. The van der Waals surface area contributed by atoms with Crippen molar-refractivity contribution in [2.24, 2.45) is 0 Å². The summed E-state index contributed by atoms with van der Waals surface area (Å²) in [4.78, 5) is 1.66. The largest absolute Gasteiger partial charge is 0.496 e. The topological polar surface area (TPSA) is 38.5 Å². The first-order chi connectivity index (χ1) is 13.0. The molecule has 2 aromatic carbocycles. The van der Waals surface area contributed by atoms with Crippen LogP contribution in [0.1, 0.15) is 42.1 Å². The van der Waals surface area contributed by atoms with Crippen molar-refractivity contribution in [3.63, 3.8) is 0 Å². The minimum atomic E-state index is -2.92. The van der Waals surface area contributed by atoms with Crippen molar-refractivity contribution in [3.05, 3.63) is 56.8 Å². The van der Waals surface area contributed by atoms with E-state index in [4.69, 9.17) is 10.5 Å². The lowest BCUT2D eigenvalue weighted by atomic mass is 9.82. The number of rotatable bonds is 4. The lowest BCUT2D eigenvalue weighted by Gasteiger charge is -2.44. The number of methoxy groups -OCH3 is 1. The van der Waals surface area contributed by atoms with Crippen LogP contribution < -0.4 is 10.5 Å². The zero-order chi connectivity index (χ0) is 20.8. The molecule has 0 saturated heterocycles. The van der Waals surface area contributed by atoms with Gasteiger partial charge in [0.25, 0.3) is 5.92 Å². The molecular weight excluding hydrogens is 433 g/mol. The molecule has 7 heteroatoms. The van der Waals surface area contributed by atoms with Gasteiger partial charge in [-0.1, -0.05) is 22.0 Å². The van der Waals surface area contributed by atoms with E-state index in [1.807, 2.05) is 19.9 Å². The predicted molar refractivity (Wildman–Crippen MR) is 109 cm³/mol. The highest BCUT2D eigenvalue weighted by atomic mass is 79.9. The van der Waals surface area contributed by atoms with Gasteiger partial charge < -0.3 is 10.5 Å². The van der Waals surface area contributed by atoms with E-state index in [0.29, 0.717) is 22.3 Å². The number of ether oxygens (including phenoxy) is 1. The molecule has 0 fully saturated rings. The fourth-order valence-corrected chi connectivity index (χ4v) is 4.46. The third-order valence-corrected chi connectivity index (χ3v) is 5.84. The molecule has 1 heterocycles. The molecule has 0 spiro atoms. The van der Waals surface area contributed by atoms with Gasteiger partial charge in [-0.15, -0.1) is 0 Å². The number of alkyl halides is 2. The van der Waals surface area contributed by atoms with Crippen molar-refractivity contribution in [2.75, 3.05) is 19.4 Å². The molecule has 1 aliphatic rings. The monoisotopic (exact) mass is 456 g/mol. The lowest BCUT2D eigenvalue weighted by molar-refractivity contribution is -0.0369. The second-order valence-electron chi connectivity index (χ2n) is 7.55. The maximum atomic E-state index is 15.1. The van der Waals surface area contributed by atoms with Crippen molar-refractivity contribution < 1.29 is 17.9 Å². The van der Waals surface area contributed by atoms with Crippen molar-refractivity contribution >= 4 is 21.6 Å². The van der Waals surface area contributed by atoms with Gasteiger partial charge in [-0.25, -0.2) is 13.2 Å². The smallest absolute Gasteiger partial charge is 0.257 e. The molecule has 3 rings (SSSR count). The molecule has 3 nitrogen and oxygen atoms in total. The summed E-state index contributed by atoms with van der Waals surface area (Å²) in [6.45, 7) is 4.20. The second kappa shape index (κ2) is 7.59. The number of hydrogen-bond acceptors (Lipinski definition) is 3.